The van der Waals surface area contributed by atoms with Gasteiger partial charge < -0.3 is 19.5 Å². The number of aryl methyl sites for hydroxylation is 1. The summed E-state index contributed by atoms with van der Waals surface area (Å²) in [5.41, 5.74) is 5.09. The highest BCUT2D eigenvalue weighted by molar-refractivity contribution is 6.08. The molecule has 42 heavy (non-hydrogen) atoms. The Morgan fingerprint density at radius 3 is 2.52 bits per heavy atom. The van der Waals surface area contributed by atoms with Crippen LogP contribution < -0.4 is 10.1 Å². The van der Waals surface area contributed by atoms with Gasteiger partial charge in [0.05, 0.1) is 23.7 Å². The molecule has 0 spiro atoms. The first-order chi connectivity index (χ1) is 20.6. The monoisotopic (exact) mass is 556 g/mol. The summed E-state index contributed by atoms with van der Waals surface area (Å²) in [4.78, 5) is 13.0. The van der Waals surface area contributed by atoms with Gasteiger partial charge in [-0.05, 0) is 66.6 Å². The normalized spacial score (nSPS) is 13.0. The van der Waals surface area contributed by atoms with Gasteiger partial charge in [-0.15, -0.1) is 0 Å². The van der Waals surface area contributed by atoms with Crippen LogP contribution in [0.3, 0.4) is 0 Å². The van der Waals surface area contributed by atoms with Gasteiger partial charge >= 0.3 is 0 Å². The lowest BCUT2D eigenvalue weighted by Gasteiger charge is -2.19. The summed E-state index contributed by atoms with van der Waals surface area (Å²) in [5.74, 6) is 1.58. The quantitative estimate of drug-likeness (QED) is 0.227. The van der Waals surface area contributed by atoms with Crippen molar-refractivity contribution in [3.8, 4) is 11.8 Å². The molecule has 1 atom stereocenters. The fraction of sp³-hybridized carbons (Fsp3) is 0.147. The van der Waals surface area contributed by atoms with Gasteiger partial charge in [0.25, 0.3) is 5.91 Å². The van der Waals surface area contributed by atoms with Crippen molar-refractivity contribution in [2.24, 2.45) is 0 Å². The Balaban J connectivity index is 1.20. The number of ether oxygens (including phenoxy) is 3. The van der Waals surface area contributed by atoms with Crippen LogP contribution >= 0.6 is 0 Å². The smallest absolute Gasteiger partial charge is 0.256 e. The molecule has 0 saturated carbocycles. The molecule has 1 aliphatic heterocycles. The Labute approximate surface area is 243 Å². The number of anilines is 1. The molecule has 5 aromatic rings. The van der Waals surface area contributed by atoms with Gasteiger partial charge in [0.1, 0.15) is 12.0 Å². The molecule has 0 fully saturated rings. The minimum Gasteiger partial charge on any atom is -0.482 e. The minimum absolute atomic E-state index is 0.191. The highest BCUT2D eigenvalue weighted by Gasteiger charge is 2.23. The van der Waals surface area contributed by atoms with Crippen LogP contribution in [0.2, 0.25) is 0 Å². The number of carbonyl (C=O) groups excluding carboxylic acids is 1. The maximum atomic E-state index is 13.0. The summed E-state index contributed by atoms with van der Waals surface area (Å²) in [5, 5.41) is 17.6. The van der Waals surface area contributed by atoms with E-state index < -0.39 is 0 Å². The molecule has 1 unspecified atom stereocenters. The highest BCUT2D eigenvalue weighted by Crippen LogP contribution is 2.27. The maximum Gasteiger partial charge on any atom is 0.256 e. The van der Waals surface area contributed by atoms with Crippen LogP contribution in [0.5, 0.6) is 5.75 Å². The second kappa shape index (κ2) is 11.9. The van der Waals surface area contributed by atoms with Crippen LogP contribution in [0.25, 0.3) is 10.9 Å². The number of rotatable bonds is 9. The van der Waals surface area contributed by atoms with E-state index in [-0.39, 0.29) is 18.8 Å². The summed E-state index contributed by atoms with van der Waals surface area (Å²) in [6, 6.07) is 32.6. The molecule has 1 amide bonds. The van der Waals surface area contributed by atoms with E-state index in [0.29, 0.717) is 41.4 Å². The second-order valence-electron chi connectivity index (χ2n) is 10.1. The lowest BCUT2D eigenvalue weighted by Crippen LogP contribution is -2.22. The first kappa shape index (κ1) is 26.7. The third kappa shape index (κ3) is 5.96. The van der Waals surface area contributed by atoms with E-state index in [2.05, 4.69) is 23.5 Å². The summed E-state index contributed by atoms with van der Waals surface area (Å²) in [7, 11) is 0. The number of hydrogen-bond donors (Lipinski definition) is 1. The molecule has 0 radical (unpaired) electrons. The van der Waals surface area contributed by atoms with Gasteiger partial charge in [-0.1, -0.05) is 54.1 Å². The predicted octanol–water partition coefficient (Wildman–Crippen LogP) is 6.35. The fourth-order valence-electron chi connectivity index (χ4n) is 4.84. The molecule has 0 bridgehead atoms. The van der Waals surface area contributed by atoms with Gasteiger partial charge in [0.2, 0.25) is 6.79 Å². The summed E-state index contributed by atoms with van der Waals surface area (Å²) in [6.07, 6.45) is 1.94. The van der Waals surface area contributed by atoms with Crippen molar-refractivity contribution in [2.75, 3.05) is 12.1 Å². The molecule has 0 aliphatic carbocycles. The fourth-order valence-corrected chi connectivity index (χ4v) is 4.84. The Kier molecular flexibility index (Phi) is 7.56. The maximum absolute atomic E-state index is 13.0. The highest BCUT2D eigenvalue weighted by atomic mass is 16.7. The lowest BCUT2D eigenvalue weighted by atomic mass is 10.1. The van der Waals surface area contributed by atoms with E-state index in [1.165, 1.54) is 0 Å². The Bertz CT molecular complexity index is 1790. The average Bonchev–Trinajstić information content (AvgIpc) is 3.67. The van der Waals surface area contributed by atoms with E-state index in [1.54, 1.807) is 30.5 Å². The number of nitrogens with one attached hydrogen (secondary N) is 1. The van der Waals surface area contributed by atoms with E-state index >= 15 is 0 Å². The first-order valence-corrected chi connectivity index (χ1v) is 13.6. The Hall–Kier alpha value is -5.55. The SMILES string of the molecule is Cc1ccc2c(c1)c(NC(=O)c1ccc(C#N)cc1)nn2Cc1ccc(OC(Cc2ccccc2)C2=COCO2)cc1. The van der Waals surface area contributed by atoms with Gasteiger partial charge in [0, 0.05) is 17.4 Å². The number of nitrogens with zero attached hydrogens (tertiary/aromatic N) is 3. The topological polar surface area (TPSA) is 98.4 Å². The van der Waals surface area contributed by atoms with E-state index in [0.717, 1.165) is 27.6 Å². The first-order valence-electron chi connectivity index (χ1n) is 13.6. The van der Waals surface area contributed by atoms with Crippen molar-refractivity contribution >= 4 is 22.6 Å². The largest absolute Gasteiger partial charge is 0.482 e. The van der Waals surface area contributed by atoms with Crippen LogP contribution in [0.4, 0.5) is 5.82 Å². The molecule has 1 N–H and O–H groups in total. The van der Waals surface area contributed by atoms with Crippen LogP contribution in [0.15, 0.2) is 109 Å². The van der Waals surface area contributed by atoms with Crippen molar-refractivity contribution < 1.29 is 19.0 Å². The van der Waals surface area contributed by atoms with Gasteiger partial charge in [0.15, 0.2) is 17.7 Å². The van der Waals surface area contributed by atoms with Crippen molar-refractivity contribution in [3.05, 3.63) is 137 Å². The Morgan fingerprint density at radius 1 is 1.02 bits per heavy atom. The Morgan fingerprint density at radius 2 is 1.81 bits per heavy atom. The van der Waals surface area contributed by atoms with Crippen LogP contribution in [-0.2, 0) is 22.4 Å². The van der Waals surface area contributed by atoms with E-state index in [4.69, 9.17) is 24.6 Å². The average molecular weight is 557 g/mol. The van der Waals surface area contributed by atoms with Crippen molar-refractivity contribution in [2.45, 2.75) is 26.0 Å². The summed E-state index contributed by atoms with van der Waals surface area (Å²) < 4.78 is 19.1. The third-order valence-corrected chi connectivity index (χ3v) is 7.02. The number of hydrogen-bond acceptors (Lipinski definition) is 6. The number of carbonyl (C=O) groups is 1. The second-order valence-corrected chi connectivity index (χ2v) is 10.1. The van der Waals surface area contributed by atoms with Crippen molar-refractivity contribution in [1.29, 1.82) is 5.26 Å². The van der Waals surface area contributed by atoms with Crippen molar-refractivity contribution in [3.63, 3.8) is 0 Å². The molecule has 1 aliphatic rings. The molecule has 8 nitrogen and oxygen atoms in total. The van der Waals surface area contributed by atoms with Crippen molar-refractivity contribution in [1.82, 2.24) is 9.78 Å². The van der Waals surface area contributed by atoms with E-state index in [9.17, 15) is 4.79 Å². The number of fused-ring (bicyclic) bond motifs is 1. The molecule has 2 heterocycles. The molecule has 6 rings (SSSR count). The van der Waals surface area contributed by atoms with Crippen LogP contribution in [-0.4, -0.2) is 28.6 Å². The van der Waals surface area contributed by atoms with Gasteiger partial charge in [-0.2, -0.15) is 10.4 Å². The molecule has 1 aromatic heterocycles. The standard InChI is InChI=1S/C34H28N4O4/c1-23-7-16-30-29(17-23)33(36-34(39)27-12-8-25(19-35)9-13-27)37-38(30)20-26-10-14-28(15-11-26)42-31(32-21-40-22-41-32)18-24-5-3-2-4-6-24/h2-17,21,31H,18,20,22H2,1H3,(H,36,37,39). The number of amides is 1. The summed E-state index contributed by atoms with van der Waals surface area (Å²) in [6.45, 7) is 2.70. The van der Waals surface area contributed by atoms with Crippen LogP contribution in [0, 0.1) is 18.3 Å². The molecule has 208 valence electrons. The predicted molar refractivity (Wildman–Crippen MR) is 159 cm³/mol. The zero-order chi connectivity index (χ0) is 28.9. The molecule has 4 aromatic carbocycles. The third-order valence-electron chi connectivity index (χ3n) is 7.02. The number of aromatic nitrogens is 2. The van der Waals surface area contributed by atoms with Gasteiger partial charge in [-0.3, -0.25) is 9.48 Å². The van der Waals surface area contributed by atoms with E-state index in [1.807, 2.05) is 72.3 Å². The summed E-state index contributed by atoms with van der Waals surface area (Å²) >= 11 is 0. The number of nitriles is 1. The number of benzene rings is 4. The molecular weight excluding hydrogens is 528 g/mol. The lowest BCUT2D eigenvalue weighted by molar-refractivity contribution is 0.0557. The van der Waals surface area contributed by atoms with Crippen LogP contribution in [0.1, 0.15) is 32.6 Å². The molecule has 8 heteroatoms. The molecule has 0 saturated heterocycles. The zero-order valence-electron chi connectivity index (χ0n) is 23.0. The molecular formula is C34H28N4O4. The zero-order valence-corrected chi connectivity index (χ0v) is 23.0. The minimum atomic E-state index is -0.318. The van der Waals surface area contributed by atoms with Gasteiger partial charge in [-0.25, -0.2) is 0 Å².